The van der Waals surface area contributed by atoms with Gasteiger partial charge >= 0.3 is 0 Å². The third-order valence-electron chi connectivity index (χ3n) is 5.02. The van der Waals surface area contributed by atoms with Crippen molar-refractivity contribution in [2.45, 2.75) is 44.5 Å². The van der Waals surface area contributed by atoms with Crippen molar-refractivity contribution in [1.82, 2.24) is 9.80 Å². The minimum absolute atomic E-state index is 0.135. The zero-order valence-corrected chi connectivity index (χ0v) is 14.3. The Bertz CT molecular complexity index is 647. The Labute approximate surface area is 146 Å². The van der Waals surface area contributed by atoms with Gasteiger partial charge in [-0.3, -0.25) is 14.5 Å². The molecule has 1 aromatic rings. The number of nitrogens with zero attached hydrogens (tertiary/aromatic N) is 2. The van der Waals surface area contributed by atoms with Gasteiger partial charge in [-0.2, -0.15) is 0 Å². The smallest absolute Gasteiger partial charge is 0.300 e. The van der Waals surface area contributed by atoms with Crippen LogP contribution < -0.4 is 0 Å². The molecule has 0 bridgehead atoms. The molecule has 0 saturated carbocycles. The molecule has 3 aliphatic heterocycles. The highest BCUT2D eigenvalue weighted by molar-refractivity contribution is 5.81. The average Bonchev–Trinajstić information content (AvgIpc) is 3.03. The highest BCUT2D eigenvalue weighted by Crippen LogP contribution is 2.45. The summed E-state index contributed by atoms with van der Waals surface area (Å²) in [6, 6.07) is 6.75. The number of ether oxygens (including phenoxy) is 1. The standard InChI is InChI=1S/C16H19FN2O2.C2H4O2/c17-13-4-2-12(3-5-13)11-18-8-6-16-14(18)10-15(20)19(16)7-1-9-21-16;1-2(3)4/h2-5,14H,1,6-11H2;1H3,(H,3,4)/t14-,16+;/m1./s1. The number of halogens is 1. The number of rotatable bonds is 2. The third kappa shape index (κ3) is 3.52. The van der Waals surface area contributed by atoms with Gasteiger partial charge in [-0.1, -0.05) is 12.1 Å². The predicted molar refractivity (Wildman–Crippen MR) is 88.2 cm³/mol. The quantitative estimate of drug-likeness (QED) is 0.881. The van der Waals surface area contributed by atoms with Gasteiger partial charge in [0.05, 0.1) is 12.6 Å². The number of carbonyl (C=O) groups is 2. The lowest BCUT2D eigenvalue weighted by Gasteiger charge is -2.42. The van der Waals surface area contributed by atoms with Crippen LogP contribution in [0.5, 0.6) is 0 Å². The van der Waals surface area contributed by atoms with E-state index in [-0.39, 0.29) is 17.8 Å². The van der Waals surface area contributed by atoms with E-state index in [1.54, 1.807) is 0 Å². The summed E-state index contributed by atoms with van der Waals surface area (Å²) in [5, 5.41) is 7.42. The fourth-order valence-electron chi connectivity index (χ4n) is 4.05. The van der Waals surface area contributed by atoms with Crippen molar-refractivity contribution in [3.63, 3.8) is 0 Å². The summed E-state index contributed by atoms with van der Waals surface area (Å²) in [6.07, 6.45) is 2.35. The van der Waals surface area contributed by atoms with Crippen LogP contribution in [-0.2, 0) is 20.9 Å². The molecule has 0 aliphatic carbocycles. The average molecular weight is 350 g/mol. The highest BCUT2D eigenvalue weighted by atomic mass is 19.1. The number of hydrogen-bond acceptors (Lipinski definition) is 4. The van der Waals surface area contributed by atoms with Gasteiger partial charge in [0.2, 0.25) is 5.91 Å². The Morgan fingerprint density at radius 3 is 2.72 bits per heavy atom. The maximum absolute atomic E-state index is 13.0. The minimum atomic E-state index is -0.833. The lowest BCUT2D eigenvalue weighted by Crippen LogP contribution is -2.56. The van der Waals surface area contributed by atoms with Gasteiger partial charge in [0.15, 0.2) is 5.72 Å². The molecule has 1 aromatic carbocycles. The van der Waals surface area contributed by atoms with Crippen molar-refractivity contribution in [3.05, 3.63) is 35.6 Å². The van der Waals surface area contributed by atoms with Crippen molar-refractivity contribution in [2.24, 2.45) is 0 Å². The Morgan fingerprint density at radius 1 is 1.36 bits per heavy atom. The number of carbonyl (C=O) groups excluding carboxylic acids is 1. The molecular formula is C18H23FN2O4. The Kier molecular flexibility index (Phi) is 5.06. The molecule has 1 spiro atoms. The summed E-state index contributed by atoms with van der Waals surface area (Å²) in [5.41, 5.74) is 0.685. The zero-order chi connectivity index (χ0) is 18.0. The first-order valence-corrected chi connectivity index (χ1v) is 8.55. The number of carboxylic acid groups (broad SMARTS) is 1. The fraction of sp³-hybridized carbons (Fsp3) is 0.556. The predicted octanol–water partition coefficient (Wildman–Crippen LogP) is 1.84. The van der Waals surface area contributed by atoms with E-state index in [0.29, 0.717) is 6.42 Å². The van der Waals surface area contributed by atoms with Gasteiger partial charge in [-0.25, -0.2) is 4.39 Å². The summed E-state index contributed by atoms with van der Waals surface area (Å²) in [6.45, 7) is 4.31. The summed E-state index contributed by atoms with van der Waals surface area (Å²) in [4.78, 5) is 25.5. The van der Waals surface area contributed by atoms with Crippen molar-refractivity contribution in [3.8, 4) is 0 Å². The van der Waals surface area contributed by atoms with Crippen molar-refractivity contribution in [2.75, 3.05) is 19.7 Å². The number of amides is 1. The van der Waals surface area contributed by atoms with Crippen LogP contribution in [0.25, 0.3) is 0 Å². The molecule has 3 aliphatic rings. The van der Waals surface area contributed by atoms with E-state index in [9.17, 15) is 9.18 Å². The van der Waals surface area contributed by atoms with Crippen molar-refractivity contribution >= 4 is 11.9 Å². The minimum Gasteiger partial charge on any atom is -0.481 e. The first-order valence-electron chi connectivity index (χ1n) is 8.55. The van der Waals surface area contributed by atoms with Crippen LogP contribution in [0.2, 0.25) is 0 Å². The molecule has 25 heavy (non-hydrogen) atoms. The molecule has 136 valence electrons. The van der Waals surface area contributed by atoms with E-state index in [4.69, 9.17) is 14.6 Å². The topological polar surface area (TPSA) is 70.1 Å². The molecule has 4 rings (SSSR count). The molecule has 6 nitrogen and oxygen atoms in total. The van der Waals surface area contributed by atoms with E-state index < -0.39 is 11.7 Å². The lowest BCUT2D eigenvalue weighted by atomic mass is 10.0. The van der Waals surface area contributed by atoms with Gasteiger partial charge in [-0.15, -0.1) is 0 Å². The second-order valence-electron chi connectivity index (χ2n) is 6.68. The van der Waals surface area contributed by atoms with Crippen LogP contribution in [0.15, 0.2) is 24.3 Å². The Morgan fingerprint density at radius 2 is 2.04 bits per heavy atom. The van der Waals surface area contributed by atoms with Crippen LogP contribution in [0.4, 0.5) is 4.39 Å². The molecule has 3 saturated heterocycles. The normalized spacial score (nSPS) is 28.2. The number of carboxylic acids is 1. The highest BCUT2D eigenvalue weighted by Gasteiger charge is 2.60. The Hall–Kier alpha value is -1.99. The van der Waals surface area contributed by atoms with E-state index in [0.717, 1.165) is 51.6 Å². The molecule has 1 amide bonds. The Balaban J connectivity index is 0.000000415. The van der Waals surface area contributed by atoms with E-state index in [2.05, 4.69) is 4.90 Å². The van der Waals surface area contributed by atoms with Crippen molar-refractivity contribution in [1.29, 1.82) is 0 Å². The molecule has 3 fully saturated rings. The van der Waals surface area contributed by atoms with E-state index >= 15 is 0 Å². The summed E-state index contributed by atoms with van der Waals surface area (Å²) in [7, 11) is 0. The molecule has 1 N–H and O–H groups in total. The summed E-state index contributed by atoms with van der Waals surface area (Å²) < 4.78 is 19.1. The lowest BCUT2D eigenvalue weighted by molar-refractivity contribution is -0.180. The van der Waals surface area contributed by atoms with Gasteiger partial charge < -0.3 is 14.7 Å². The first kappa shape index (κ1) is 17.8. The first-order chi connectivity index (χ1) is 11.9. The molecule has 0 radical (unpaired) electrons. The zero-order valence-electron chi connectivity index (χ0n) is 14.3. The summed E-state index contributed by atoms with van der Waals surface area (Å²) >= 11 is 0. The molecule has 3 heterocycles. The van der Waals surface area contributed by atoms with Crippen LogP contribution in [0.3, 0.4) is 0 Å². The largest absolute Gasteiger partial charge is 0.481 e. The fourth-order valence-corrected chi connectivity index (χ4v) is 4.05. The number of hydrogen-bond donors (Lipinski definition) is 1. The molecule has 2 atom stereocenters. The van der Waals surface area contributed by atoms with Gasteiger partial charge in [0.1, 0.15) is 5.82 Å². The number of benzene rings is 1. The number of likely N-dealkylation sites (tertiary alicyclic amines) is 1. The maximum atomic E-state index is 13.0. The molecule has 7 heteroatoms. The van der Waals surface area contributed by atoms with E-state index in [1.807, 2.05) is 17.0 Å². The number of aliphatic carboxylic acids is 1. The van der Waals surface area contributed by atoms with Gasteiger partial charge in [-0.05, 0) is 24.1 Å². The van der Waals surface area contributed by atoms with Crippen LogP contribution in [0.1, 0.15) is 31.7 Å². The van der Waals surface area contributed by atoms with Crippen LogP contribution >= 0.6 is 0 Å². The van der Waals surface area contributed by atoms with Gasteiger partial charge in [0, 0.05) is 39.4 Å². The van der Waals surface area contributed by atoms with E-state index in [1.165, 1.54) is 12.1 Å². The SMILES string of the molecule is CC(=O)O.O=C1C[C@H]2N(Cc3ccc(F)cc3)CC[C@]23OCCCN13. The van der Waals surface area contributed by atoms with Crippen LogP contribution in [0, 0.1) is 5.82 Å². The van der Waals surface area contributed by atoms with Crippen LogP contribution in [-0.4, -0.2) is 58.2 Å². The third-order valence-corrected chi connectivity index (χ3v) is 5.02. The summed E-state index contributed by atoms with van der Waals surface area (Å²) in [5.74, 6) is -0.835. The maximum Gasteiger partial charge on any atom is 0.300 e. The molecule has 0 aromatic heterocycles. The second-order valence-corrected chi connectivity index (χ2v) is 6.68. The molecular weight excluding hydrogens is 327 g/mol. The molecule has 0 unspecified atom stereocenters. The second kappa shape index (κ2) is 7.09. The van der Waals surface area contributed by atoms with Gasteiger partial charge in [0.25, 0.3) is 5.97 Å². The van der Waals surface area contributed by atoms with Crippen molar-refractivity contribution < 1.29 is 23.8 Å². The monoisotopic (exact) mass is 350 g/mol.